The van der Waals surface area contributed by atoms with Gasteiger partial charge in [0.15, 0.2) is 5.82 Å². The summed E-state index contributed by atoms with van der Waals surface area (Å²) in [4.78, 5) is 2.22. The molecule has 0 amide bonds. The third-order valence-electron chi connectivity index (χ3n) is 6.19. The van der Waals surface area contributed by atoms with E-state index < -0.39 is 0 Å². The zero-order valence-electron chi connectivity index (χ0n) is 16.6. The Morgan fingerprint density at radius 3 is 2.93 bits per heavy atom. The standard InChI is InChI=1S/C21H22N8O/c1-28(19-9-13-11-30-12-17(19)24-13)20-6-4-16(25-26-20)14-3-5-18(29-8-2-7-23-29)21-15(14)10-22-27-21/h2-8,10,13,17,19,24H,9,11-12H2,1H3,(H,22,27)/t13-,17-,19+/m1/s1. The van der Waals surface area contributed by atoms with Crippen LogP contribution in [-0.2, 0) is 4.74 Å². The van der Waals surface area contributed by atoms with Crippen LogP contribution in [0.1, 0.15) is 6.42 Å². The molecule has 9 nitrogen and oxygen atoms in total. The molecule has 0 saturated carbocycles. The smallest absolute Gasteiger partial charge is 0.151 e. The summed E-state index contributed by atoms with van der Waals surface area (Å²) in [7, 11) is 2.09. The number of rotatable bonds is 4. The van der Waals surface area contributed by atoms with Crippen LogP contribution in [0.4, 0.5) is 5.82 Å². The lowest BCUT2D eigenvalue weighted by Gasteiger charge is -2.30. The molecule has 0 aliphatic carbocycles. The van der Waals surface area contributed by atoms with Gasteiger partial charge in [0.05, 0.1) is 42.4 Å². The highest BCUT2D eigenvalue weighted by Gasteiger charge is 2.39. The Bertz CT molecular complexity index is 1170. The molecule has 0 spiro atoms. The van der Waals surface area contributed by atoms with Crippen molar-refractivity contribution in [1.82, 2.24) is 35.5 Å². The van der Waals surface area contributed by atoms with Crippen LogP contribution >= 0.6 is 0 Å². The molecule has 2 bridgehead atoms. The molecule has 3 aromatic heterocycles. The quantitative estimate of drug-likeness (QED) is 0.537. The minimum absolute atomic E-state index is 0.343. The number of hydrogen-bond acceptors (Lipinski definition) is 7. The molecule has 4 aromatic rings. The number of likely N-dealkylation sites (N-methyl/N-ethyl adjacent to an activating group) is 1. The summed E-state index contributed by atoms with van der Waals surface area (Å²) in [5.41, 5.74) is 3.67. The lowest BCUT2D eigenvalue weighted by Crippen LogP contribution is -2.48. The van der Waals surface area contributed by atoms with E-state index in [0.717, 1.165) is 53.3 Å². The number of anilines is 1. The highest BCUT2D eigenvalue weighted by atomic mass is 16.5. The summed E-state index contributed by atoms with van der Waals surface area (Å²) in [5, 5.41) is 25.4. The molecule has 6 rings (SSSR count). The van der Waals surface area contributed by atoms with E-state index in [2.05, 4.69) is 42.8 Å². The minimum atomic E-state index is 0.343. The molecular formula is C21H22N8O. The maximum absolute atomic E-state index is 5.68. The van der Waals surface area contributed by atoms with Crippen molar-refractivity contribution in [2.45, 2.75) is 24.5 Å². The second kappa shape index (κ2) is 6.89. The van der Waals surface area contributed by atoms with Crippen LogP contribution in [0.3, 0.4) is 0 Å². The number of aromatic amines is 1. The van der Waals surface area contributed by atoms with Crippen LogP contribution in [-0.4, -0.2) is 68.6 Å². The van der Waals surface area contributed by atoms with E-state index in [1.54, 1.807) is 6.20 Å². The molecule has 2 aliphatic heterocycles. The molecule has 152 valence electrons. The maximum atomic E-state index is 5.68. The first kappa shape index (κ1) is 17.5. The van der Waals surface area contributed by atoms with Gasteiger partial charge < -0.3 is 15.0 Å². The fraction of sp³-hybridized carbons (Fsp3) is 0.333. The molecule has 0 unspecified atom stereocenters. The predicted molar refractivity (Wildman–Crippen MR) is 113 cm³/mol. The molecule has 2 fully saturated rings. The third-order valence-corrected chi connectivity index (χ3v) is 6.19. The van der Waals surface area contributed by atoms with E-state index in [1.807, 2.05) is 47.4 Å². The van der Waals surface area contributed by atoms with E-state index in [4.69, 9.17) is 4.74 Å². The van der Waals surface area contributed by atoms with Crippen molar-refractivity contribution in [2.75, 3.05) is 25.2 Å². The fourth-order valence-electron chi connectivity index (χ4n) is 4.65. The van der Waals surface area contributed by atoms with Crippen LogP contribution in [0.2, 0.25) is 0 Å². The van der Waals surface area contributed by atoms with E-state index in [9.17, 15) is 0 Å². The molecule has 0 radical (unpaired) electrons. The Labute approximate surface area is 173 Å². The molecule has 5 heterocycles. The van der Waals surface area contributed by atoms with Gasteiger partial charge in [-0.05, 0) is 36.8 Å². The molecule has 30 heavy (non-hydrogen) atoms. The topological polar surface area (TPSA) is 96.8 Å². The zero-order chi connectivity index (χ0) is 20.1. The predicted octanol–water partition coefficient (Wildman–Crippen LogP) is 1.77. The third kappa shape index (κ3) is 2.78. The van der Waals surface area contributed by atoms with Crippen LogP contribution in [0.25, 0.3) is 27.8 Å². The van der Waals surface area contributed by atoms with Crippen molar-refractivity contribution in [3.63, 3.8) is 0 Å². The second-order valence-electron chi connectivity index (χ2n) is 7.94. The molecule has 2 saturated heterocycles. The van der Waals surface area contributed by atoms with Gasteiger partial charge in [0.2, 0.25) is 0 Å². The zero-order valence-corrected chi connectivity index (χ0v) is 16.6. The van der Waals surface area contributed by atoms with Gasteiger partial charge >= 0.3 is 0 Å². The first-order valence-corrected chi connectivity index (χ1v) is 10.1. The number of hydrogen-bond donors (Lipinski definition) is 2. The number of nitrogens with one attached hydrogen (secondary N) is 2. The average Bonchev–Trinajstić information content (AvgIpc) is 3.53. The van der Waals surface area contributed by atoms with Crippen molar-refractivity contribution < 1.29 is 4.74 Å². The molecular weight excluding hydrogens is 380 g/mol. The monoisotopic (exact) mass is 402 g/mol. The second-order valence-corrected chi connectivity index (χ2v) is 7.94. The van der Waals surface area contributed by atoms with Gasteiger partial charge in [-0.15, -0.1) is 10.2 Å². The molecule has 3 atom stereocenters. The van der Waals surface area contributed by atoms with Crippen molar-refractivity contribution >= 4 is 16.7 Å². The average molecular weight is 402 g/mol. The maximum Gasteiger partial charge on any atom is 0.151 e. The van der Waals surface area contributed by atoms with Crippen molar-refractivity contribution in [2.24, 2.45) is 0 Å². The van der Waals surface area contributed by atoms with Gasteiger partial charge in [-0.25, -0.2) is 4.68 Å². The van der Waals surface area contributed by atoms with Crippen LogP contribution in [0.15, 0.2) is 48.9 Å². The minimum Gasteiger partial charge on any atom is -0.378 e. The first-order valence-electron chi connectivity index (χ1n) is 10.1. The van der Waals surface area contributed by atoms with Gasteiger partial charge in [-0.3, -0.25) is 5.10 Å². The van der Waals surface area contributed by atoms with E-state index in [-0.39, 0.29) is 0 Å². The lowest BCUT2D eigenvalue weighted by molar-refractivity contribution is 0.0711. The number of benzene rings is 1. The van der Waals surface area contributed by atoms with Gasteiger partial charge in [0.25, 0.3) is 0 Å². The number of H-pyrrole nitrogens is 1. The SMILES string of the molecule is CN(c1ccc(-c2ccc(-n3cccn3)c3[nH]ncc23)nn1)[C@H]1C[C@@H]2COC[C@H]1N2. The van der Waals surface area contributed by atoms with Gasteiger partial charge in [0, 0.05) is 42.5 Å². The summed E-state index contributed by atoms with van der Waals surface area (Å²) >= 11 is 0. The number of nitrogens with zero attached hydrogens (tertiary/aromatic N) is 6. The molecule has 2 aliphatic rings. The molecule has 2 N–H and O–H groups in total. The van der Waals surface area contributed by atoms with Crippen LogP contribution < -0.4 is 10.2 Å². The van der Waals surface area contributed by atoms with Crippen molar-refractivity contribution in [1.29, 1.82) is 0 Å². The summed E-state index contributed by atoms with van der Waals surface area (Å²) in [5.74, 6) is 0.870. The number of morpholine rings is 1. The molecule has 1 aromatic carbocycles. The van der Waals surface area contributed by atoms with Crippen LogP contribution in [0.5, 0.6) is 0 Å². The summed E-state index contributed by atoms with van der Waals surface area (Å²) in [6.07, 6.45) is 6.56. The Morgan fingerprint density at radius 2 is 2.13 bits per heavy atom. The van der Waals surface area contributed by atoms with Gasteiger partial charge in [-0.2, -0.15) is 10.2 Å². The Kier molecular flexibility index (Phi) is 4.03. The van der Waals surface area contributed by atoms with E-state index in [1.165, 1.54) is 0 Å². The number of ether oxygens (including phenoxy) is 1. The summed E-state index contributed by atoms with van der Waals surface area (Å²) in [6.45, 7) is 1.54. The highest BCUT2D eigenvalue weighted by molar-refractivity contribution is 5.97. The normalized spacial score (nSPS) is 23.2. The van der Waals surface area contributed by atoms with Crippen LogP contribution in [0, 0.1) is 0 Å². The van der Waals surface area contributed by atoms with Gasteiger partial charge in [-0.1, -0.05) is 0 Å². The van der Waals surface area contributed by atoms with E-state index in [0.29, 0.717) is 18.1 Å². The Balaban J connectivity index is 1.31. The summed E-state index contributed by atoms with van der Waals surface area (Å²) in [6, 6.07) is 11.2. The number of aromatic nitrogens is 6. The largest absolute Gasteiger partial charge is 0.378 e. The Morgan fingerprint density at radius 1 is 1.17 bits per heavy atom. The fourth-order valence-corrected chi connectivity index (χ4v) is 4.65. The molecule has 9 heteroatoms. The van der Waals surface area contributed by atoms with Crippen molar-refractivity contribution in [3.8, 4) is 16.9 Å². The highest BCUT2D eigenvalue weighted by Crippen LogP contribution is 2.31. The lowest BCUT2D eigenvalue weighted by atomic mass is 10.1. The Hall–Kier alpha value is -3.30. The van der Waals surface area contributed by atoms with E-state index >= 15 is 0 Å². The number of fused-ring (bicyclic) bond motifs is 3. The first-order chi connectivity index (χ1) is 14.8. The van der Waals surface area contributed by atoms with Gasteiger partial charge in [0.1, 0.15) is 0 Å². The summed E-state index contributed by atoms with van der Waals surface area (Å²) < 4.78 is 7.50. The van der Waals surface area contributed by atoms with Crippen molar-refractivity contribution in [3.05, 3.63) is 48.9 Å².